The number of nitrogens with one attached hydrogen (secondary N) is 2. The molecule has 98 valence electrons. The smallest absolute Gasteiger partial charge is 0.237 e. The van der Waals surface area contributed by atoms with Gasteiger partial charge in [0, 0.05) is 29.5 Å². The van der Waals surface area contributed by atoms with Crippen LogP contribution in [0.15, 0.2) is 22.7 Å². The highest BCUT2D eigenvalue weighted by Gasteiger charge is 2.28. The van der Waals surface area contributed by atoms with E-state index in [1.807, 2.05) is 0 Å². The maximum atomic E-state index is 13.4. The van der Waals surface area contributed by atoms with E-state index in [4.69, 9.17) is 0 Å². The number of hydrogen-bond donors (Lipinski definition) is 2. The number of halogens is 3. The molecular weight excluding hydrogens is 306 g/mol. The summed E-state index contributed by atoms with van der Waals surface area (Å²) in [5.41, 5.74) is 0.396. The minimum atomic E-state index is -0.983. The quantitative estimate of drug-likeness (QED) is 0.893. The second-order valence-corrected chi connectivity index (χ2v) is 5.16. The van der Waals surface area contributed by atoms with Gasteiger partial charge in [-0.2, -0.15) is 0 Å². The van der Waals surface area contributed by atoms with Crippen LogP contribution in [0.1, 0.15) is 12.0 Å². The molecule has 2 N–H and O–H groups in total. The first-order valence-electron chi connectivity index (χ1n) is 5.65. The zero-order chi connectivity index (χ0) is 13.1. The summed E-state index contributed by atoms with van der Waals surface area (Å²) in [6.45, 7) is 0.294. The van der Waals surface area contributed by atoms with E-state index >= 15 is 0 Å². The van der Waals surface area contributed by atoms with Crippen LogP contribution in [-0.4, -0.2) is 24.7 Å². The van der Waals surface area contributed by atoms with Gasteiger partial charge in [0.25, 0.3) is 0 Å². The molecule has 0 unspecified atom stereocenters. The van der Waals surface area contributed by atoms with Crippen molar-refractivity contribution in [1.82, 2.24) is 10.6 Å². The van der Waals surface area contributed by atoms with Crippen molar-refractivity contribution in [2.75, 3.05) is 6.54 Å². The minimum absolute atomic E-state index is 0.0965. The fourth-order valence-electron chi connectivity index (χ4n) is 1.88. The van der Waals surface area contributed by atoms with Gasteiger partial charge in [0.2, 0.25) is 5.91 Å². The molecule has 0 radical (unpaired) electrons. The van der Waals surface area contributed by atoms with Crippen LogP contribution in [-0.2, 0) is 11.3 Å². The van der Waals surface area contributed by atoms with Crippen LogP contribution in [0.4, 0.5) is 8.78 Å². The van der Waals surface area contributed by atoms with Gasteiger partial charge < -0.3 is 10.6 Å². The van der Waals surface area contributed by atoms with Crippen LogP contribution in [0.3, 0.4) is 0 Å². The third-order valence-electron chi connectivity index (χ3n) is 2.85. The van der Waals surface area contributed by atoms with Crippen molar-refractivity contribution in [3.8, 4) is 0 Å². The predicted octanol–water partition coefficient (Wildman–Crippen LogP) is 1.90. The van der Waals surface area contributed by atoms with Crippen molar-refractivity contribution in [1.29, 1.82) is 0 Å². The fraction of sp³-hybridized carbons (Fsp3) is 0.417. The highest BCUT2D eigenvalue weighted by atomic mass is 79.9. The molecule has 0 saturated carbocycles. The van der Waals surface area contributed by atoms with E-state index in [2.05, 4.69) is 26.6 Å². The van der Waals surface area contributed by atoms with E-state index in [0.29, 0.717) is 5.56 Å². The lowest BCUT2D eigenvalue weighted by molar-refractivity contribution is -0.123. The average Bonchev–Trinajstić information content (AvgIpc) is 2.77. The molecule has 1 aliphatic rings. The molecule has 18 heavy (non-hydrogen) atoms. The van der Waals surface area contributed by atoms with Crippen LogP contribution in [0.25, 0.3) is 0 Å². The number of alkyl halides is 1. The maximum absolute atomic E-state index is 13.4. The molecule has 1 aliphatic heterocycles. The first kappa shape index (κ1) is 13.4. The Labute approximate surface area is 112 Å². The van der Waals surface area contributed by atoms with Gasteiger partial charge >= 0.3 is 0 Å². The normalized spacial score (nSPS) is 23.1. The van der Waals surface area contributed by atoms with Crippen LogP contribution in [0.5, 0.6) is 0 Å². The molecule has 1 saturated heterocycles. The summed E-state index contributed by atoms with van der Waals surface area (Å²) in [6, 6.07) is 4.01. The van der Waals surface area contributed by atoms with E-state index in [0.717, 1.165) is 4.47 Å². The van der Waals surface area contributed by atoms with E-state index in [-0.39, 0.29) is 31.2 Å². The SMILES string of the molecule is O=C(NCc1cc(Br)ccc1F)[C@H]1C[C@H](F)CN1. The summed E-state index contributed by atoms with van der Waals surface area (Å²) >= 11 is 3.24. The summed E-state index contributed by atoms with van der Waals surface area (Å²) in [4.78, 5) is 11.7. The number of carbonyl (C=O) groups excluding carboxylic acids is 1. The van der Waals surface area contributed by atoms with E-state index in [1.165, 1.54) is 6.07 Å². The van der Waals surface area contributed by atoms with Crippen molar-refractivity contribution in [2.45, 2.75) is 25.2 Å². The molecule has 3 nitrogen and oxygen atoms in total. The first-order valence-corrected chi connectivity index (χ1v) is 6.44. The Bertz CT molecular complexity index is 456. The van der Waals surface area contributed by atoms with Gasteiger partial charge in [-0.3, -0.25) is 4.79 Å². The molecule has 0 bridgehead atoms. The second-order valence-electron chi connectivity index (χ2n) is 4.25. The summed E-state index contributed by atoms with van der Waals surface area (Å²) in [6.07, 6.45) is -0.810. The van der Waals surface area contributed by atoms with Crippen LogP contribution >= 0.6 is 15.9 Å². The first-order chi connectivity index (χ1) is 8.56. The monoisotopic (exact) mass is 318 g/mol. The standard InChI is InChI=1S/C12H13BrF2N2O/c13-8-1-2-10(15)7(3-8)5-17-12(18)11-4-9(14)6-16-11/h1-3,9,11,16H,4-6H2,(H,17,18)/t9-,11+/m0/s1. The summed E-state index contributed by atoms with van der Waals surface area (Å²) in [7, 11) is 0. The van der Waals surface area contributed by atoms with Gasteiger partial charge in [-0.25, -0.2) is 8.78 Å². The molecule has 0 aromatic heterocycles. The molecule has 1 amide bonds. The molecular formula is C12H13BrF2N2O. The average molecular weight is 319 g/mol. The number of amides is 1. The largest absolute Gasteiger partial charge is 0.351 e. The number of hydrogen-bond acceptors (Lipinski definition) is 2. The van der Waals surface area contributed by atoms with Gasteiger partial charge in [0.1, 0.15) is 12.0 Å². The van der Waals surface area contributed by atoms with Crippen molar-refractivity contribution in [3.63, 3.8) is 0 Å². The molecule has 0 aliphatic carbocycles. The van der Waals surface area contributed by atoms with E-state index in [9.17, 15) is 13.6 Å². The number of benzene rings is 1. The van der Waals surface area contributed by atoms with Crippen molar-refractivity contribution in [3.05, 3.63) is 34.1 Å². The zero-order valence-electron chi connectivity index (χ0n) is 9.55. The second kappa shape index (κ2) is 5.75. The summed E-state index contributed by atoms with van der Waals surface area (Å²) < 4.78 is 27.1. The van der Waals surface area contributed by atoms with Gasteiger partial charge in [-0.1, -0.05) is 15.9 Å². The number of rotatable bonds is 3. The van der Waals surface area contributed by atoms with Gasteiger partial charge in [-0.15, -0.1) is 0 Å². The molecule has 1 aromatic rings. The van der Waals surface area contributed by atoms with Crippen molar-refractivity contribution < 1.29 is 13.6 Å². The van der Waals surface area contributed by atoms with Crippen molar-refractivity contribution in [2.24, 2.45) is 0 Å². The minimum Gasteiger partial charge on any atom is -0.351 e. The molecule has 1 aromatic carbocycles. The van der Waals surface area contributed by atoms with Crippen LogP contribution in [0, 0.1) is 5.82 Å². The maximum Gasteiger partial charge on any atom is 0.237 e. The Morgan fingerprint density at radius 3 is 3.00 bits per heavy atom. The lowest BCUT2D eigenvalue weighted by Crippen LogP contribution is -2.40. The molecule has 1 heterocycles. The van der Waals surface area contributed by atoms with Gasteiger partial charge in [0.15, 0.2) is 0 Å². The van der Waals surface area contributed by atoms with E-state index in [1.54, 1.807) is 12.1 Å². The zero-order valence-corrected chi connectivity index (χ0v) is 11.1. The van der Waals surface area contributed by atoms with Crippen LogP contribution in [0.2, 0.25) is 0 Å². The lowest BCUT2D eigenvalue weighted by atomic mass is 10.2. The van der Waals surface area contributed by atoms with Gasteiger partial charge in [-0.05, 0) is 18.2 Å². The molecule has 2 rings (SSSR count). The molecule has 0 spiro atoms. The Morgan fingerprint density at radius 2 is 2.33 bits per heavy atom. The lowest BCUT2D eigenvalue weighted by Gasteiger charge is -2.11. The Balaban J connectivity index is 1.91. The Hall–Kier alpha value is -1.01. The Kier molecular flexibility index (Phi) is 4.29. The molecule has 1 fully saturated rings. The molecule has 6 heteroatoms. The van der Waals surface area contributed by atoms with E-state index < -0.39 is 12.2 Å². The highest BCUT2D eigenvalue weighted by molar-refractivity contribution is 9.10. The summed E-state index contributed by atoms with van der Waals surface area (Å²) in [5.74, 6) is -0.671. The predicted molar refractivity (Wildman–Crippen MR) is 67.3 cm³/mol. The van der Waals surface area contributed by atoms with Gasteiger partial charge in [0.05, 0.1) is 6.04 Å². The fourth-order valence-corrected chi connectivity index (χ4v) is 2.29. The third kappa shape index (κ3) is 3.26. The van der Waals surface area contributed by atoms with Crippen molar-refractivity contribution >= 4 is 21.8 Å². The summed E-state index contributed by atoms with van der Waals surface area (Å²) in [5, 5.41) is 5.38. The number of carbonyl (C=O) groups is 1. The topological polar surface area (TPSA) is 41.1 Å². The van der Waals surface area contributed by atoms with Crippen LogP contribution < -0.4 is 10.6 Å². The molecule has 2 atom stereocenters. The third-order valence-corrected chi connectivity index (χ3v) is 3.35. The highest BCUT2D eigenvalue weighted by Crippen LogP contribution is 2.16. The Morgan fingerprint density at radius 1 is 1.56 bits per heavy atom.